The van der Waals surface area contributed by atoms with Gasteiger partial charge in [-0.25, -0.2) is 4.79 Å². The van der Waals surface area contributed by atoms with Crippen molar-refractivity contribution in [3.05, 3.63) is 0 Å². The standard InChI is InChI=1S/C14H29N2O7P/c1-10(2)13(16-12(17)7-9-22-3)24(20,21)23-11(14(18)19)6-4-5-8-15/h10-11,13H,4-9,15H2,1-3H3,(H,16,17)(H,18,19)(H,20,21)/t11-,13?/m0/s1. The molecule has 0 aromatic heterocycles. The second-order valence-corrected chi connectivity index (χ2v) is 7.68. The fourth-order valence-corrected chi connectivity index (χ4v) is 3.75. The molecule has 1 amide bonds. The van der Waals surface area contributed by atoms with Crippen LogP contribution in [0.5, 0.6) is 0 Å². The summed E-state index contributed by atoms with van der Waals surface area (Å²) in [7, 11) is -2.95. The summed E-state index contributed by atoms with van der Waals surface area (Å²) in [5.41, 5.74) is 5.35. The third-order valence-corrected chi connectivity index (χ3v) is 5.28. The van der Waals surface area contributed by atoms with Gasteiger partial charge in [0.1, 0.15) is 5.78 Å². The van der Waals surface area contributed by atoms with Crippen LogP contribution in [-0.2, 0) is 23.4 Å². The number of ether oxygens (including phenoxy) is 1. The van der Waals surface area contributed by atoms with Crippen LogP contribution in [0.25, 0.3) is 0 Å². The van der Waals surface area contributed by atoms with Gasteiger partial charge in [0.2, 0.25) is 5.91 Å². The van der Waals surface area contributed by atoms with Crippen LogP contribution in [0.1, 0.15) is 39.5 Å². The number of unbranched alkanes of at least 4 members (excludes halogenated alkanes) is 1. The Hall–Kier alpha value is -0.990. The lowest BCUT2D eigenvalue weighted by molar-refractivity contribution is -0.145. The van der Waals surface area contributed by atoms with E-state index < -0.39 is 37.3 Å². The van der Waals surface area contributed by atoms with Crippen molar-refractivity contribution in [2.45, 2.75) is 51.4 Å². The van der Waals surface area contributed by atoms with E-state index >= 15 is 0 Å². The monoisotopic (exact) mass is 368 g/mol. The molecular weight excluding hydrogens is 339 g/mol. The van der Waals surface area contributed by atoms with E-state index in [4.69, 9.17) is 20.1 Å². The fourth-order valence-electron chi connectivity index (χ4n) is 2.00. The molecule has 0 saturated heterocycles. The highest BCUT2D eigenvalue weighted by molar-refractivity contribution is 7.53. The second-order valence-electron chi connectivity index (χ2n) is 5.78. The van der Waals surface area contributed by atoms with Crippen molar-refractivity contribution in [2.24, 2.45) is 11.7 Å². The first-order chi connectivity index (χ1) is 11.2. The van der Waals surface area contributed by atoms with Crippen LogP contribution in [0.4, 0.5) is 0 Å². The number of aliphatic carboxylic acids is 1. The molecule has 9 nitrogen and oxygen atoms in total. The van der Waals surface area contributed by atoms with E-state index in [-0.39, 0.29) is 19.4 Å². The van der Waals surface area contributed by atoms with Crippen LogP contribution < -0.4 is 11.1 Å². The van der Waals surface area contributed by atoms with Gasteiger partial charge in [-0.05, 0) is 31.7 Å². The van der Waals surface area contributed by atoms with Crippen molar-refractivity contribution < 1.29 is 33.4 Å². The maximum atomic E-state index is 12.5. The van der Waals surface area contributed by atoms with Gasteiger partial charge < -0.3 is 25.8 Å². The number of carbonyl (C=O) groups is 2. The molecule has 0 aliphatic carbocycles. The zero-order valence-corrected chi connectivity index (χ0v) is 15.3. The SMILES string of the molecule is COCCC(=O)NC(C(C)C)P(=O)(O)O[C@@H](CCCCN)C(=O)O. The second kappa shape index (κ2) is 11.5. The molecule has 5 N–H and O–H groups in total. The lowest BCUT2D eigenvalue weighted by atomic mass is 10.1. The highest BCUT2D eigenvalue weighted by Crippen LogP contribution is 2.50. The number of nitrogens with two attached hydrogens (primary N) is 1. The molecule has 0 heterocycles. The number of carboxylic acid groups (broad SMARTS) is 1. The molecule has 0 aromatic rings. The average Bonchev–Trinajstić information content (AvgIpc) is 2.49. The average molecular weight is 368 g/mol. The van der Waals surface area contributed by atoms with Crippen LogP contribution >= 0.6 is 7.60 Å². The van der Waals surface area contributed by atoms with Crippen molar-refractivity contribution in [3.63, 3.8) is 0 Å². The molecule has 0 aliphatic rings. The van der Waals surface area contributed by atoms with Crippen LogP contribution in [0.15, 0.2) is 0 Å². The van der Waals surface area contributed by atoms with Crippen molar-refractivity contribution in [2.75, 3.05) is 20.3 Å². The lowest BCUT2D eigenvalue weighted by Gasteiger charge is -2.28. The summed E-state index contributed by atoms with van der Waals surface area (Å²) in [6, 6.07) is 0. The molecular formula is C14H29N2O7P. The first-order valence-corrected chi connectivity index (χ1v) is 9.52. The third kappa shape index (κ3) is 8.75. The van der Waals surface area contributed by atoms with Crippen molar-refractivity contribution in [1.29, 1.82) is 0 Å². The van der Waals surface area contributed by atoms with Crippen LogP contribution in [-0.4, -0.2) is 54.0 Å². The number of rotatable bonds is 13. The number of amides is 1. The Bertz CT molecular complexity index is 445. The van der Waals surface area contributed by atoms with Crippen LogP contribution in [0, 0.1) is 5.92 Å². The van der Waals surface area contributed by atoms with E-state index in [0.717, 1.165) is 0 Å². The molecule has 0 saturated carbocycles. The lowest BCUT2D eigenvalue weighted by Crippen LogP contribution is -2.40. The maximum absolute atomic E-state index is 12.5. The number of methoxy groups -OCH3 is 1. The molecule has 10 heteroatoms. The molecule has 0 fully saturated rings. The Kier molecular flexibility index (Phi) is 11.1. The Morgan fingerprint density at radius 2 is 1.92 bits per heavy atom. The van der Waals surface area contributed by atoms with Crippen LogP contribution in [0.2, 0.25) is 0 Å². The molecule has 0 aromatic carbocycles. The summed E-state index contributed by atoms with van der Waals surface area (Å²) < 4.78 is 22.3. The van der Waals surface area contributed by atoms with E-state index in [1.165, 1.54) is 7.11 Å². The van der Waals surface area contributed by atoms with Gasteiger partial charge in [0, 0.05) is 13.5 Å². The minimum Gasteiger partial charge on any atom is -0.479 e. The Balaban J connectivity index is 4.98. The number of carbonyl (C=O) groups excluding carboxylic acids is 1. The normalized spacial score (nSPS) is 16.4. The first kappa shape index (κ1) is 23.0. The zero-order valence-electron chi connectivity index (χ0n) is 14.4. The summed E-state index contributed by atoms with van der Waals surface area (Å²) in [6.45, 7) is 3.84. The van der Waals surface area contributed by atoms with E-state index in [1.807, 2.05) is 0 Å². The maximum Gasteiger partial charge on any atom is 0.351 e. The van der Waals surface area contributed by atoms with E-state index in [0.29, 0.717) is 19.4 Å². The summed E-state index contributed by atoms with van der Waals surface area (Å²) >= 11 is 0. The zero-order chi connectivity index (χ0) is 18.8. The summed E-state index contributed by atoms with van der Waals surface area (Å²) in [5, 5.41) is 11.6. The molecule has 0 radical (unpaired) electrons. The smallest absolute Gasteiger partial charge is 0.351 e. The molecule has 0 spiro atoms. The third-order valence-electron chi connectivity index (χ3n) is 3.30. The number of nitrogens with one attached hydrogen (secondary N) is 1. The number of carboxylic acids is 1. The van der Waals surface area contributed by atoms with Gasteiger partial charge in [-0.3, -0.25) is 13.9 Å². The van der Waals surface area contributed by atoms with E-state index in [1.54, 1.807) is 13.8 Å². The van der Waals surface area contributed by atoms with Gasteiger partial charge in [-0.15, -0.1) is 0 Å². The highest BCUT2D eigenvalue weighted by atomic mass is 31.2. The van der Waals surface area contributed by atoms with Gasteiger partial charge in [0.05, 0.1) is 6.61 Å². The topological polar surface area (TPSA) is 148 Å². The van der Waals surface area contributed by atoms with Gasteiger partial charge in [0.15, 0.2) is 6.10 Å². The molecule has 0 rings (SSSR count). The minimum atomic E-state index is -4.39. The quantitative estimate of drug-likeness (QED) is 0.277. The molecule has 2 unspecified atom stereocenters. The van der Waals surface area contributed by atoms with E-state index in [9.17, 15) is 19.0 Å². The Morgan fingerprint density at radius 1 is 1.29 bits per heavy atom. The van der Waals surface area contributed by atoms with Crippen molar-refractivity contribution in [3.8, 4) is 0 Å². The van der Waals surface area contributed by atoms with E-state index in [2.05, 4.69) is 5.32 Å². The highest BCUT2D eigenvalue weighted by Gasteiger charge is 2.40. The van der Waals surface area contributed by atoms with Gasteiger partial charge in [-0.1, -0.05) is 13.8 Å². The molecule has 24 heavy (non-hydrogen) atoms. The minimum absolute atomic E-state index is 0.0264. The number of hydrogen-bond donors (Lipinski definition) is 4. The van der Waals surface area contributed by atoms with Gasteiger partial charge >= 0.3 is 13.6 Å². The predicted molar refractivity (Wildman–Crippen MR) is 88.5 cm³/mol. The summed E-state index contributed by atoms with van der Waals surface area (Å²) in [4.78, 5) is 33.2. The van der Waals surface area contributed by atoms with Crippen molar-refractivity contribution >= 4 is 19.5 Å². The summed E-state index contributed by atoms with van der Waals surface area (Å²) in [5.74, 6) is -3.41. The van der Waals surface area contributed by atoms with Gasteiger partial charge in [0.25, 0.3) is 0 Å². The number of hydrogen-bond acceptors (Lipinski definition) is 6. The van der Waals surface area contributed by atoms with Gasteiger partial charge in [-0.2, -0.15) is 0 Å². The first-order valence-electron chi connectivity index (χ1n) is 7.87. The van der Waals surface area contributed by atoms with Crippen molar-refractivity contribution in [1.82, 2.24) is 5.32 Å². The summed E-state index contributed by atoms with van der Waals surface area (Å²) in [6.07, 6.45) is -0.285. The molecule has 3 atom stereocenters. The largest absolute Gasteiger partial charge is 0.479 e. The van der Waals surface area contributed by atoms with Crippen LogP contribution in [0.3, 0.4) is 0 Å². The molecule has 142 valence electrons. The Labute approximate surface area is 142 Å². The Morgan fingerprint density at radius 3 is 2.38 bits per heavy atom. The fraction of sp³-hybridized carbons (Fsp3) is 0.857. The molecule has 0 aliphatic heterocycles. The predicted octanol–water partition coefficient (Wildman–Crippen LogP) is 0.905. The molecule has 0 bridgehead atoms.